The molecule has 7 nitrogen and oxygen atoms in total. The number of fused-ring (bicyclic) bond motifs is 1. The summed E-state index contributed by atoms with van der Waals surface area (Å²) in [5.41, 5.74) is 2.88. The molecule has 0 aliphatic carbocycles. The lowest BCUT2D eigenvalue weighted by Crippen LogP contribution is -2.14. The van der Waals surface area contributed by atoms with Gasteiger partial charge >= 0.3 is 5.97 Å². The molecule has 28 heavy (non-hydrogen) atoms. The summed E-state index contributed by atoms with van der Waals surface area (Å²) in [6.45, 7) is 0.973. The van der Waals surface area contributed by atoms with Crippen molar-refractivity contribution in [3.63, 3.8) is 0 Å². The van der Waals surface area contributed by atoms with Crippen LogP contribution in [-0.4, -0.2) is 38.4 Å². The lowest BCUT2D eigenvalue weighted by Gasteiger charge is -2.17. The van der Waals surface area contributed by atoms with Gasteiger partial charge in [-0.25, -0.2) is 4.98 Å². The molecule has 0 unspecified atom stereocenters. The Morgan fingerprint density at radius 3 is 2.86 bits per heavy atom. The van der Waals surface area contributed by atoms with E-state index in [4.69, 9.17) is 5.11 Å². The number of rotatable bonds is 10. The second-order valence-corrected chi connectivity index (χ2v) is 7.22. The van der Waals surface area contributed by atoms with Crippen molar-refractivity contribution in [2.75, 3.05) is 11.9 Å². The van der Waals surface area contributed by atoms with Gasteiger partial charge in [0.05, 0.1) is 12.1 Å². The van der Waals surface area contributed by atoms with Gasteiger partial charge in [-0.15, -0.1) is 0 Å². The van der Waals surface area contributed by atoms with Crippen LogP contribution in [0.4, 0.5) is 5.82 Å². The van der Waals surface area contributed by atoms with Crippen LogP contribution in [0.5, 0.6) is 0 Å². The molecule has 0 radical (unpaired) electrons. The topological polar surface area (TPSA) is 105 Å². The summed E-state index contributed by atoms with van der Waals surface area (Å²) in [6, 6.07) is 4.22. The molecule has 1 aliphatic heterocycles. The molecule has 148 valence electrons. The van der Waals surface area contributed by atoms with Gasteiger partial charge in [-0.05, 0) is 43.7 Å². The fourth-order valence-electron chi connectivity index (χ4n) is 3.53. The SMILES string of the molecule is O=C(O)C[C@H](CC(=O)CCCCc1ccc2c(n1)NCCC2)c1cnccn1. The van der Waals surface area contributed by atoms with Gasteiger partial charge in [0, 0.05) is 49.6 Å². The number of hydrogen-bond donors (Lipinski definition) is 2. The maximum atomic E-state index is 12.3. The van der Waals surface area contributed by atoms with Crippen molar-refractivity contribution >= 4 is 17.6 Å². The van der Waals surface area contributed by atoms with Crippen LogP contribution < -0.4 is 5.32 Å². The number of carboxylic acids is 1. The number of aliphatic carboxylic acids is 1. The zero-order valence-electron chi connectivity index (χ0n) is 15.9. The molecular formula is C21H26N4O3. The van der Waals surface area contributed by atoms with E-state index in [0.29, 0.717) is 12.1 Å². The minimum Gasteiger partial charge on any atom is -0.481 e. The smallest absolute Gasteiger partial charge is 0.304 e. The van der Waals surface area contributed by atoms with Gasteiger partial charge in [0.15, 0.2) is 0 Å². The first-order valence-corrected chi connectivity index (χ1v) is 9.84. The number of ketones is 1. The number of nitrogens with zero attached hydrogens (tertiary/aromatic N) is 3. The van der Waals surface area contributed by atoms with Crippen molar-refractivity contribution in [3.8, 4) is 0 Å². The molecule has 2 aromatic heterocycles. The Bertz CT molecular complexity index is 811. The fourth-order valence-corrected chi connectivity index (χ4v) is 3.53. The normalized spacial score (nSPS) is 14.0. The molecule has 3 rings (SSSR count). The average molecular weight is 382 g/mol. The van der Waals surface area contributed by atoms with Crippen LogP contribution in [0.15, 0.2) is 30.7 Å². The third kappa shape index (κ3) is 5.84. The summed E-state index contributed by atoms with van der Waals surface area (Å²) >= 11 is 0. The van der Waals surface area contributed by atoms with E-state index in [1.165, 1.54) is 24.2 Å². The number of carbonyl (C=O) groups is 2. The molecule has 1 aliphatic rings. The predicted octanol–water partition coefficient (Wildman–Crippen LogP) is 3.16. The summed E-state index contributed by atoms with van der Waals surface area (Å²) in [5.74, 6) is -0.292. The summed E-state index contributed by atoms with van der Waals surface area (Å²) < 4.78 is 0. The monoisotopic (exact) mass is 382 g/mol. The van der Waals surface area contributed by atoms with Crippen LogP contribution in [0.2, 0.25) is 0 Å². The highest BCUT2D eigenvalue weighted by atomic mass is 16.4. The van der Waals surface area contributed by atoms with Crippen LogP contribution in [0.3, 0.4) is 0 Å². The standard InChI is InChI=1S/C21H26N4O3/c26-18(12-16(13-20(27)28)19-14-22-10-11-23-19)6-2-1-5-17-8-7-15-4-3-9-24-21(15)25-17/h7-8,10-11,14,16H,1-6,9,12-13H2,(H,24,25)(H,27,28)/t16-/m0/s1. The Labute approximate surface area is 164 Å². The fraction of sp³-hybridized carbons (Fsp3) is 0.476. The highest BCUT2D eigenvalue weighted by Crippen LogP contribution is 2.23. The Balaban J connectivity index is 1.45. The minimum absolute atomic E-state index is 0.0666. The Morgan fingerprint density at radius 1 is 1.18 bits per heavy atom. The molecular weight excluding hydrogens is 356 g/mol. The number of aromatic nitrogens is 3. The van der Waals surface area contributed by atoms with E-state index in [1.807, 2.05) is 0 Å². The van der Waals surface area contributed by atoms with Crippen LogP contribution in [-0.2, 0) is 22.4 Å². The molecule has 0 aromatic carbocycles. The third-order valence-electron chi connectivity index (χ3n) is 4.99. The average Bonchev–Trinajstić information content (AvgIpc) is 2.71. The van der Waals surface area contributed by atoms with Crippen molar-refractivity contribution in [2.24, 2.45) is 0 Å². The third-order valence-corrected chi connectivity index (χ3v) is 4.99. The van der Waals surface area contributed by atoms with Gasteiger partial charge in [-0.2, -0.15) is 0 Å². The largest absolute Gasteiger partial charge is 0.481 e. The number of anilines is 1. The molecule has 1 atom stereocenters. The van der Waals surface area contributed by atoms with Crippen LogP contribution in [0.1, 0.15) is 61.4 Å². The predicted molar refractivity (Wildman–Crippen MR) is 105 cm³/mol. The summed E-state index contributed by atoms with van der Waals surface area (Å²) in [4.78, 5) is 36.3. The zero-order valence-corrected chi connectivity index (χ0v) is 15.9. The summed E-state index contributed by atoms with van der Waals surface area (Å²) in [5, 5.41) is 12.5. The highest BCUT2D eigenvalue weighted by Gasteiger charge is 2.20. The first-order valence-electron chi connectivity index (χ1n) is 9.84. The van der Waals surface area contributed by atoms with Gasteiger partial charge in [-0.1, -0.05) is 6.07 Å². The molecule has 3 heterocycles. The lowest BCUT2D eigenvalue weighted by molar-refractivity contribution is -0.137. The molecule has 0 fully saturated rings. The lowest BCUT2D eigenvalue weighted by atomic mass is 9.93. The van der Waals surface area contributed by atoms with E-state index in [2.05, 4.69) is 32.4 Å². The minimum atomic E-state index is -0.935. The van der Waals surface area contributed by atoms with Gasteiger partial charge in [0.25, 0.3) is 0 Å². The molecule has 0 spiro atoms. The van der Waals surface area contributed by atoms with Gasteiger partial charge in [-0.3, -0.25) is 19.6 Å². The summed E-state index contributed by atoms with van der Waals surface area (Å²) in [6.07, 6.45) is 9.82. The molecule has 2 aromatic rings. The van der Waals surface area contributed by atoms with E-state index in [9.17, 15) is 9.59 Å². The highest BCUT2D eigenvalue weighted by molar-refractivity contribution is 5.80. The van der Waals surface area contributed by atoms with Crippen LogP contribution >= 0.6 is 0 Å². The number of carbonyl (C=O) groups excluding carboxylic acids is 1. The Hall–Kier alpha value is -2.83. The van der Waals surface area contributed by atoms with Crippen molar-refractivity contribution in [1.82, 2.24) is 15.0 Å². The number of Topliss-reactive ketones (excluding diaryl/α,β-unsaturated/α-hetero) is 1. The van der Waals surface area contributed by atoms with E-state index in [-0.39, 0.29) is 18.6 Å². The van der Waals surface area contributed by atoms with Crippen molar-refractivity contribution in [3.05, 3.63) is 47.7 Å². The quantitative estimate of drug-likeness (QED) is 0.608. The number of unbranched alkanes of at least 4 members (excludes halogenated alkanes) is 1. The molecule has 0 saturated carbocycles. The first kappa shape index (κ1) is 19.9. The van der Waals surface area contributed by atoms with Crippen molar-refractivity contribution in [1.29, 1.82) is 0 Å². The van der Waals surface area contributed by atoms with E-state index in [1.54, 1.807) is 0 Å². The van der Waals surface area contributed by atoms with Gasteiger partial charge in [0.1, 0.15) is 11.6 Å². The number of nitrogens with one attached hydrogen (secondary N) is 1. The molecule has 2 N–H and O–H groups in total. The zero-order chi connectivity index (χ0) is 19.8. The van der Waals surface area contributed by atoms with Gasteiger partial charge in [0.2, 0.25) is 0 Å². The number of hydrogen-bond acceptors (Lipinski definition) is 6. The Morgan fingerprint density at radius 2 is 2.07 bits per heavy atom. The molecule has 0 saturated heterocycles. The molecule has 0 bridgehead atoms. The van der Waals surface area contributed by atoms with Crippen molar-refractivity contribution in [2.45, 2.75) is 57.3 Å². The Kier molecular flexibility index (Phi) is 7.06. The first-order chi connectivity index (χ1) is 13.6. The van der Waals surface area contributed by atoms with Gasteiger partial charge < -0.3 is 10.4 Å². The second kappa shape index (κ2) is 9.92. The van der Waals surface area contributed by atoms with Crippen molar-refractivity contribution < 1.29 is 14.7 Å². The van der Waals surface area contributed by atoms with Crippen LogP contribution in [0.25, 0.3) is 0 Å². The molecule has 0 amide bonds. The number of carboxylic acid groups (broad SMARTS) is 1. The molecule has 7 heteroatoms. The van der Waals surface area contributed by atoms with E-state index < -0.39 is 11.9 Å². The number of aryl methyl sites for hydroxylation is 2. The maximum Gasteiger partial charge on any atom is 0.304 e. The van der Waals surface area contributed by atoms with E-state index >= 15 is 0 Å². The summed E-state index contributed by atoms with van der Waals surface area (Å²) in [7, 11) is 0. The maximum absolute atomic E-state index is 12.3. The number of pyridine rings is 1. The second-order valence-electron chi connectivity index (χ2n) is 7.22. The van der Waals surface area contributed by atoms with Crippen LogP contribution in [0, 0.1) is 0 Å². The van der Waals surface area contributed by atoms with E-state index in [0.717, 1.165) is 50.2 Å².